The molecule has 0 aliphatic carbocycles. The first-order chi connectivity index (χ1) is 39.0. The van der Waals surface area contributed by atoms with Crippen molar-refractivity contribution in [2.24, 2.45) is 0 Å². The van der Waals surface area contributed by atoms with Gasteiger partial charge >= 0.3 is 17.9 Å². The summed E-state index contributed by atoms with van der Waals surface area (Å²) in [6.45, 7) is 6.56. The average molecular weight is 1100 g/mol. The molecule has 0 spiro atoms. The van der Waals surface area contributed by atoms with Crippen LogP contribution >= 0.6 is 0 Å². The monoisotopic (exact) mass is 1100 g/mol. The van der Waals surface area contributed by atoms with Gasteiger partial charge in [0.1, 0.15) is 13.2 Å². The maximum atomic E-state index is 12.9. The van der Waals surface area contributed by atoms with Gasteiger partial charge in [0.05, 0.1) is 0 Å². The second-order valence-corrected chi connectivity index (χ2v) is 23.1. The van der Waals surface area contributed by atoms with Gasteiger partial charge in [-0.25, -0.2) is 0 Å². The van der Waals surface area contributed by atoms with Crippen molar-refractivity contribution in [3.63, 3.8) is 0 Å². The lowest BCUT2D eigenvalue weighted by Crippen LogP contribution is -2.30. The summed E-state index contributed by atoms with van der Waals surface area (Å²) in [4.78, 5) is 38.3. The minimum absolute atomic E-state index is 0.0826. The summed E-state index contributed by atoms with van der Waals surface area (Å²) >= 11 is 0. The lowest BCUT2D eigenvalue weighted by Gasteiger charge is -2.18. The van der Waals surface area contributed by atoms with E-state index in [1.54, 1.807) is 0 Å². The number of hydrogen-bond donors (Lipinski definition) is 0. The Bertz CT molecular complexity index is 1450. The second kappa shape index (κ2) is 67.4. The molecule has 1 unspecified atom stereocenters. The van der Waals surface area contributed by atoms with E-state index in [-0.39, 0.29) is 31.1 Å². The van der Waals surface area contributed by atoms with E-state index < -0.39 is 6.10 Å². The fraction of sp³-hybridized carbons (Fsp3) is 0.795. The summed E-state index contributed by atoms with van der Waals surface area (Å²) in [6, 6.07) is 0. The van der Waals surface area contributed by atoms with Crippen molar-refractivity contribution >= 4 is 17.9 Å². The third kappa shape index (κ3) is 65.5. The number of unbranched alkanes of at least 4 members (excludes halogenated alkanes) is 40. The molecule has 0 rings (SSSR count). The number of rotatable bonds is 63. The van der Waals surface area contributed by atoms with Crippen LogP contribution in [0.3, 0.4) is 0 Å². The molecule has 6 heteroatoms. The summed E-state index contributed by atoms with van der Waals surface area (Å²) in [7, 11) is 0. The summed E-state index contributed by atoms with van der Waals surface area (Å²) in [5.41, 5.74) is 0. The van der Waals surface area contributed by atoms with E-state index in [2.05, 4.69) is 93.7 Å². The molecule has 0 saturated carbocycles. The van der Waals surface area contributed by atoms with Crippen LogP contribution in [0.4, 0.5) is 0 Å². The first-order valence-corrected chi connectivity index (χ1v) is 34.4. The van der Waals surface area contributed by atoms with E-state index in [0.29, 0.717) is 19.3 Å². The predicted molar refractivity (Wildman–Crippen MR) is 344 cm³/mol. The molecule has 0 aliphatic rings. The maximum Gasteiger partial charge on any atom is 0.306 e. The molecule has 0 fully saturated rings. The topological polar surface area (TPSA) is 78.9 Å². The van der Waals surface area contributed by atoms with Crippen LogP contribution < -0.4 is 0 Å². The molecular formula is C73H130O6. The number of esters is 3. The first kappa shape index (κ1) is 75.8. The molecule has 0 bridgehead atoms. The number of ether oxygens (including phenoxy) is 3. The lowest BCUT2D eigenvalue weighted by molar-refractivity contribution is -0.167. The van der Waals surface area contributed by atoms with Crippen LogP contribution in [-0.4, -0.2) is 37.2 Å². The van der Waals surface area contributed by atoms with E-state index >= 15 is 0 Å². The SMILES string of the molecule is CCCC/C=C\C/C=C\CCCCCCCC(=O)OCC(COC(=O)CCCCCCCCCCCCCCCCCCCCCCC/C=C\C/C=C\CCCCCCC)OC(=O)CCCCCCC/C=C\C/C=C\CCCC. The number of hydrogen-bond acceptors (Lipinski definition) is 6. The highest BCUT2D eigenvalue weighted by Crippen LogP contribution is 2.17. The fourth-order valence-corrected chi connectivity index (χ4v) is 9.92. The zero-order valence-corrected chi connectivity index (χ0v) is 52.6. The van der Waals surface area contributed by atoms with E-state index in [0.717, 1.165) is 109 Å². The Morgan fingerprint density at radius 1 is 0.253 bits per heavy atom. The molecule has 0 aromatic rings. The standard InChI is InChI=1S/C73H130O6/c1-4-7-10-13-16-19-22-25-28-29-30-31-32-33-34-35-36-37-38-39-40-41-42-43-44-45-46-49-51-54-57-60-63-66-72(75)78-69-70(79-73(76)67-64-61-58-55-52-48-27-24-21-18-15-12-9-6-3)68-77-71(74)65-62-59-56-53-50-47-26-23-20-17-14-11-8-5-2/h14-15,17-18,22-27,29-30,70H,4-13,16,19-21,28,31-69H2,1-3H3/b17-14-,18-15-,25-22-,26-23-,27-24-,30-29-. The van der Waals surface area contributed by atoms with Gasteiger partial charge in [-0.15, -0.1) is 0 Å². The van der Waals surface area contributed by atoms with Crippen LogP contribution in [0.1, 0.15) is 355 Å². The largest absolute Gasteiger partial charge is 0.462 e. The molecule has 0 saturated heterocycles. The normalized spacial score (nSPS) is 12.5. The molecule has 458 valence electrons. The highest BCUT2D eigenvalue weighted by atomic mass is 16.6. The summed E-state index contributed by atoms with van der Waals surface area (Å²) < 4.78 is 16.9. The van der Waals surface area contributed by atoms with E-state index in [1.165, 1.54) is 205 Å². The van der Waals surface area contributed by atoms with Crippen molar-refractivity contribution in [2.45, 2.75) is 361 Å². The van der Waals surface area contributed by atoms with Crippen LogP contribution in [0.25, 0.3) is 0 Å². The molecule has 0 N–H and O–H groups in total. The Morgan fingerprint density at radius 2 is 0.468 bits per heavy atom. The molecule has 1 atom stereocenters. The average Bonchev–Trinajstić information content (AvgIpc) is 3.45. The minimum Gasteiger partial charge on any atom is -0.462 e. The third-order valence-electron chi connectivity index (χ3n) is 15.2. The van der Waals surface area contributed by atoms with Gasteiger partial charge in [-0.05, 0) is 103 Å². The molecule has 0 aromatic heterocycles. The number of carbonyl (C=O) groups is 3. The lowest BCUT2D eigenvalue weighted by atomic mass is 10.0. The molecule has 79 heavy (non-hydrogen) atoms. The van der Waals surface area contributed by atoms with Gasteiger partial charge in [0, 0.05) is 19.3 Å². The highest BCUT2D eigenvalue weighted by Gasteiger charge is 2.19. The zero-order valence-electron chi connectivity index (χ0n) is 52.6. The molecule has 0 amide bonds. The Balaban J connectivity index is 4.12. The quantitative estimate of drug-likeness (QED) is 0.0261. The Morgan fingerprint density at radius 3 is 0.734 bits per heavy atom. The van der Waals surface area contributed by atoms with Crippen molar-refractivity contribution in [1.29, 1.82) is 0 Å². The molecule has 0 aliphatic heterocycles. The van der Waals surface area contributed by atoms with Crippen molar-refractivity contribution in [3.8, 4) is 0 Å². The van der Waals surface area contributed by atoms with E-state index in [4.69, 9.17) is 14.2 Å². The van der Waals surface area contributed by atoms with Crippen LogP contribution in [0.15, 0.2) is 72.9 Å². The zero-order chi connectivity index (χ0) is 57.1. The van der Waals surface area contributed by atoms with Crippen LogP contribution in [-0.2, 0) is 28.6 Å². The van der Waals surface area contributed by atoms with Crippen molar-refractivity contribution in [2.75, 3.05) is 13.2 Å². The Labute approximate surface area is 491 Å². The van der Waals surface area contributed by atoms with E-state index in [9.17, 15) is 14.4 Å². The van der Waals surface area contributed by atoms with Gasteiger partial charge in [-0.3, -0.25) is 14.4 Å². The molecule has 0 heterocycles. The van der Waals surface area contributed by atoms with E-state index in [1.807, 2.05) is 0 Å². The number of carbonyl (C=O) groups excluding carboxylic acids is 3. The fourth-order valence-electron chi connectivity index (χ4n) is 9.92. The summed E-state index contributed by atoms with van der Waals surface area (Å²) in [6.07, 6.45) is 88.0. The van der Waals surface area contributed by atoms with Gasteiger partial charge in [-0.2, -0.15) is 0 Å². The molecule has 0 radical (unpaired) electrons. The Kier molecular flexibility index (Phi) is 64.7. The third-order valence-corrected chi connectivity index (χ3v) is 15.2. The van der Waals surface area contributed by atoms with Gasteiger partial charge in [0.15, 0.2) is 6.10 Å². The van der Waals surface area contributed by atoms with Gasteiger partial charge in [0.2, 0.25) is 0 Å². The van der Waals surface area contributed by atoms with Crippen LogP contribution in [0.5, 0.6) is 0 Å². The van der Waals surface area contributed by atoms with Crippen molar-refractivity contribution < 1.29 is 28.6 Å². The number of allylic oxidation sites excluding steroid dienone is 12. The first-order valence-electron chi connectivity index (χ1n) is 34.4. The van der Waals surface area contributed by atoms with Gasteiger partial charge < -0.3 is 14.2 Å². The highest BCUT2D eigenvalue weighted by molar-refractivity contribution is 5.71. The molecule has 6 nitrogen and oxygen atoms in total. The molecular weight excluding hydrogens is 973 g/mol. The smallest absolute Gasteiger partial charge is 0.306 e. The second-order valence-electron chi connectivity index (χ2n) is 23.1. The minimum atomic E-state index is -0.788. The van der Waals surface area contributed by atoms with Crippen molar-refractivity contribution in [3.05, 3.63) is 72.9 Å². The summed E-state index contributed by atoms with van der Waals surface area (Å²) in [5.74, 6) is -0.895. The van der Waals surface area contributed by atoms with Crippen LogP contribution in [0, 0.1) is 0 Å². The summed E-state index contributed by atoms with van der Waals surface area (Å²) in [5, 5.41) is 0. The molecule has 0 aromatic carbocycles. The van der Waals surface area contributed by atoms with Crippen LogP contribution in [0.2, 0.25) is 0 Å². The Hall–Kier alpha value is -3.15. The maximum absolute atomic E-state index is 12.9. The van der Waals surface area contributed by atoms with Gasteiger partial charge in [0.25, 0.3) is 0 Å². The van der Waals surface area contributed by atoms with Gasteiger partial charge in [-0.1, -0.05) is 306 Å². The predicted octanol–water partition coefficient (Wildman–Crippen LogP) is 23.7. The van der Waals surface area contributed by atoms with Crippen molar-refractivity contribution in [1.82, 2.24) is 0 Å².